The second-order valence-corrected chi connectivity index (χ2v) is 7.51. The zero-order chi connectivity index (χ0) is 15.6. The topological polar surface area (TPSA) is 44.5 Å². The lowest BCUT2D eigenvalue weighted by Crippen LogP contribution is -2.42. The Morgan fingerprint density at radius 2 is 2.09 bits per heavy atom. The minimum absolute atomic E-state index is 0.556. The molecule has 1 atom stereocenters. The molecular weight excluding hydrogens is 276 g/mol. The van der Waals surface area contributed by atoms with Crippen LogP contribution in [0.1, 0.15) is 50.3 Å². The molecule has 1 N–H and O–H groups in total. The Kier molecular flexibility index (Phi) is 4.85. The molecule has 5 nitrogen and oxygen atoms in total. The minimum Gasteiger partial charge on any atom is -0.387 e. The van der Waals surface area contributed by atoms with Crippen LogP contribution in [0.3, 0.4) is 0 Å². The number of aromatic nitrogens is 2. The van der Waals surface area contributed by atoms with Gasteiger partial charge in [-0.05, 0) is 33.4 Å². The van der Waals surface area contributed by atoms with Gasteiger partial charge in [0.15, 0.2) is 0 Å². The summed E-state index contributed by atoms with van der Waals surface area (Å²) in [5.41, 5.74) is 0.750. The largest absolute Gasteiger partial charge is 0.387 e. The standard InChI is InChI=1S/C17H30N4O/c1-19(2)12-17(22)8-9-20(13-17)11-16-10-18-14-21(16)15-6-4-3-5-7-15/h10,14-15,22H,3-9,11-13H2,1-2H3. The van der Waals surface area contributed by atoms with Gasteiger partial charge in [-0.2, -0.15) is 0 Å². The molecular formula is C17H30N4O. The lowest BCUT2D eigenvalue weighted by atomic mass is 9.95. The summed E-state index contributed by atoms with van der Waals surface area (Å²) in [6, 6.07) is 0.634. The van der Waals surface area contributed by atoms with Gasteiger partial charge in [-0.3, -0.25) is 4.90 Å². The third kappa shape index (κ3) is 3.70. The summed E-state index contributed by atoms with van der Waals surface area (Å²) >= 11 is 0. The first kappa shape index (κ1) is 16.0. The monoisotopic (exact) mass is 306 g/mol. The van der Waals surface area contributed by atoms with Crippen LogP contribution in [-0.2, 0) is 6.54 Å². The van der Waals surface area contributed by atoms with Crippen molar-refractivity contribution in [2.24, 2.45) is 0 Å². The van der Waals surface area contributed by atoms with Gasteiger partial charge in [-0.1, -0.05) is 19.3 Å². The summed E-state index contributed by atoms with van der Waals surface area (Å²) in [7, 11) is 4.05. The van der Waals surface area contributed by atoms with E-state index in [0.717, 1.165) is 32.6 Å². The van der Waals surface area contributed by atoms with E-state index < -0.39 is 5.60 Å². The maximum absolute atomic E-state index is 10.7. The van der Waals surface area contributed by atoms with E-state index in [1.165, 1.54) is 37.8 Å². The quantitative estimate of drug-likeness (QED) is 0.902. The number of imidazole rings is 1. The van der Waals surface area contributed by atoms with Crippen molar-refractivity contribution >= 4 is 0 Å². The van der Waals surface area contributed by atoms with Crippen molar-refractivity contribution in [2.75, 3.05) is 33.7 Å². The summed E-state index contributed by atoms with van der Waals surface area (Å²) in [6.07, 6.45) is 11.5. The lowest BCUT2D eigenvalue weighted by Gasteiger charge is -2.28. The van der Waals surface area contributed by atoms with E-state index >= 15 is 0 Å². The van der Waals surface area contributed by atoms with Gasteiger partial charge in [0, 0.05) is 38.4 Å². The maximum atomic E-state index is 10.7. The van der Waals surface area contributed by atoms with Crippen molar-refractivity contribution < 1.29 is 5.11 Å². The van der Waals surface area contributed by atoms with Crippen molar-refractivity contribution in [1.82, 2.24) is 19.4 Å². The fourth-order valence-corrected chi connectivity index (χ4v) is 4.16. The molecule has 2 fully saturated rings. The predicted octanol–water partition coefficient (Wildman–Crippen LogP) is 1.89. The number of β-amino-alcohol motifs (C(OH)–C–C–N with tert-alkyl or cyclic N) is 1. The van der Waals surface area contributed by atoms with Gasteiger partial charge in [0.2, 0.25) is 0 Å². The van der Waals surface area contributed by atoms with Crippen LogP contribution in [0.25, 0.3) is 0 Å². The van der Waals surface area contributed by atoms with Crippen LogP contribution < -0.4 is 0 Å². The number of hydrogen-bond donors (Lipinski definition) is 1. The summed E-state index contributed by atoms with van der Waals surface area (Å²) in [5, 5.41) is 10.7. The highest BCUT2D eigenvalue weighted by Gasteiger charge is 2.36. The molecule has 1 aromatic rings. The van der Waals surface area contributed by atoms with E-state index in [4.69, 9.17) is 0 Å². The molecule has 0 radical (unpaired) electrons. The molecule has 1 aromatic heterocycles. The minimum atomic E-state index is -0.556. The third-order valence-electron chi connectivity index (χ3n) is 5.12. The molecule has 2 aliphatic rings. The fourth-order valence-electron chi connectivity index (χ4n) is 4.16. The Morgan fingerprint density at radius 1 is 1.32 bits per heavy atom. The predicted molar refractivity (Wildman–Crippen MR) is 87.7 cm³/mol. The number of aliphatic hydroxyl groups is 1. The van der Waals surface area contributed by atoms with E-state index in [-0.39, 0.29) is 0 Å². The highest BCUT2D eigenvalue weighted by atomic mass is 16.3. The van der Waals surface area contributed by atoms with Gasteiger partial charge < -0.3 is 14.6 Å². The summed E-state index contributed by atoms with van der Waals surface area (Å²) in [4.78, 5) is 8.84. The van der Waals surface area contributed by atoms with Crippen LogP contribution in [0.5, 0.6) is 0 Å². The number of nitrogens with zero attached hydrogens (tertiary/aromatic N) is 4. The molecule has 1 saturated carbocycles. The highest BCUT2D eigenvalue weighted by molar-refractivity contribution is 5.03. The van der Waals surface area contributed by atoms with Gasteiger partial charge in [-0.25, -0.2) is 4.98 Å². The summed E-state index contributed by atoms with van der Waals surface area (Å²) in [5.74, 6) is 0. The van der Waals surface area contributed by atoms with Crippen LogP contribution >= 0.6 is 0 Å². The van der Waals surface area contributed by atoms with E-state index in [2.05, 4.69) is 19.4 Å². The normalized spacial score (nSPS) is 27.8. The summed E-state index contributed by atoms with van der Waals surface area (Å²) in [6.45, 7) is 3.39. The molecule has 124 valence electrons. The van der Waals surface area contributed by atoms with Gasteiger partial charge in [-0.15, -0.1) is 0 Å². The van der Waals surface area contributed by atoms with Crippen LogP contribution in [0.15, 0.2) is 12.5 Å². The maximum Gasteiger partial charge on any atom is 0.0951 e. The van der Waals surface area contributed by atoms with Crippen molar-refractivity contribution in [2.45, 2.75) is 56.7 Å². The van der Waals surface area contributed by atoms with E-state index in [1.54, 1.807) is 0 Å². The zero-order valence-corrected chi connectivity index (χ0v) is 14.0. The third-order valence-corrected chi connectivity index (χ3v) is 5.12. The smallest absolute Gasteiger partial charge is 0.0951 e. The molecule has 0 aromatic carbocycles. The first-order valence-electron chi connectivity index (χ1n) is 8.66. The Balaban J connectivity index is 1.61. The molecule has 5 heteroatoms. The number of rotatable bonds is 5. The molecule has 0 spiro atoms. The fraction of sp³-hybridized carbons (Fsp3) is 0.824. The van der Waals surface area contributed by atoms with Gasteiger partial charge >= 0.3 is 0 Å². The second kappa shape index (κ2) is 6.69. The van der Waals surface area contributed by atoms with Crippen molar-refractivity contribution in [3.63, 3.8) is 0 Å². The molecule has 22 heavy (non-hydrogen) atoms. The Bertz CT molecular complexity index is 481. The molecule has 0 amide bonds. The summed E-state index contributed by atoms with van der Waals surface area (Å²) < 4.78 is 2.39. The molecule has 1 aliphatic carbocycles. The van der Waals surface area contributed by atoms with E-state index in [9.17, 15) is 5.11 Å². The SMILES string of the molecule is CN(C)CC1(O)CCN(Cc2cncn2C2CCCCC2)C1. The first-order valence-corrected chi connectivity index (χ1v) is 8.66. The second-order valence-electron chi connectivity index (χ2n) is 7.51. The van der Waals surface area contributed by atoms with Crippen LogP contribution in [-0.4, -0.2) is 63.8 Å². The van der Waals surface area contributed by atoms with E-state index in [1.807, 2.05) is 26.6 Å². The number of likely N-dealkylation sites (tertiary alicyclic amines) is 1. The molecule has 0 bridgehead atoms. The molecule has 3 rings (SSSR count). The molecule has 2 heterocycles. The molecule has 1 unspecified atom stereocenters. The Morgan fingerprint density at radius 3 is 2.82 bits per heavy atom. The van der Waals surface area contributed by atoms with Crippen molar-refractivity contribution in [3.8, 4) is 0 Å². The van der Waals surface area contributed by atoms with Crippen molar-refractivity contribution in [1.29, 1.82) is 0 Å². The highest BCUT2D eigenvalue weighted by Crippen LogP contribution is 2.30. The molecule has 1 aliphatic heterocycles. The van der Waals surface area contributed by atoms with Gasteiger partial charge in [0.25, 0.3) is 0 Å². The zero-order valence-electron chi connectivity index (χ0n) is 14.0. The van der Waals surface area contributed by atoms with E-state index in [0.29, 0.717) is 6.04 Å². The van der Waals surface area contributed by atoms with Crippen LogP contribution in [0, 0.1) is 0 Å². The lowest BCUT2D eigenvalue weighted by molar-refractivity contribution is 0.0238. The Labute approximate surface area is 133 Å². The molecule has 1 saturated heterocycles. The van der Waals surface area contributed by atoms with Crippen molar-refractivity contribution in [3.05, 3.63) is 18.2 Å². The van der Waals surface area contributed by atoms with Gasteiger partial charge in [0.05, 0.1) is 17.6 Å². The Hall–Kier alpha value is -0.910. The number of likely N-dealkylation sites (N-methyl/N-ethyl adjacent to an activating group) is 1. The first-order chi connectivity index (χ1) is 10.6. The average molecular weight is 306 g/mol. The average Bonchev–Trinajstić information content (AvgIpc) is 3.07. The van der Waals surface area contributed by atoms with Gasteiger partial charge in [0.1, 0.15) is 0 Å². The van der Waals surface area contributed by atoms with Crippen LogP contribution in [0.4, 0.5) is 0 Å². The number of hydrogen-bond acceptors (Lipinski definition) is 4. The van der Waals surface area contributed by atoms with Crippen LogP contribution in [0.2, 0.25) is 0 Å².